The lowest BCUT2D eigenvalue weighted by molar-refractivity contribution is 0.669. The summed E-state index contributed by atoms with van der Waals surface area (Å²) in [5.74, 6) is 1.88. The van der Waals surface area contributed by atoms with Crippen LogP contribution in [0.3, 0.4) is 0 Å². The van der Waals surface area contributed by atoms with Gasteiger partial charge in [-0.15, -0.1) is 0 Å². The summed E-state index contributed by atoms with van der Waals surface area (Å²) in [6.07, 6.45) is 0. The highest BCUT2D eigenvalue weighted by Gasteiger charge is 2.16. The molecule has 4 heteroatoms. The van der Waals surface area contributed by atoms with Gasteiger partial charge in [0.2, 0.25) is 0 Å². The fraction of sp³-hybridized carbons (Fsp3) is 0. The van der Waals surface area contributed by atoms with E-state index in [0.29, 0.717) is 17.5 Å². The summed E-state index contributed by atoms with van der Waals surface area (Å²) in [6.45, 7) is 0. The van der Waals surface area contributed by atoms with Crippen molar-refractivity contribution in [1.29, 1.82) is 0 Å². The van der Waals surface area contributed by atoms with Crippen LogP contribution in [0.4, 0.5) is 0 Å². The SMILES string of the molecule is c1cc(-c2nc(-c3ccc(-c4cccc5ccccc45)cc3)nc(-c3ccc4ccccc4c3)n2)cc(-c2cccc3oc4ccccc4c23)c1. The number of furan rings is 1. The Hall–Kier alpha value is -6.91. The average molecular weight is 652 g/mol. The number of rotatable bonds is 5. The minimum absolute atomic E-state index is 0.618. The molecule has 2 aromatic heterocycles. The lowest BCUT2D eigenvalue weighted by Crippen LogP contribution is -2.00. The molecule has 8 aromatic carbocycles. The van der Waals surface area contributed by atoms with E-state index in [9.17, 15) is 0 Å². The molecule has 0 radical (unpaired) electrons. The van der Waals surface area contributed by atoms with Gasteiger partial charge in [0.15, 0.2) is 17.5 Å². The Morgan fingerprint density at radius 1 is 0.314 bits per heavy atom. The highest BCUT2D eigenvalue weighted by molar-refractivity contribution is 6.12. The van der Waals surface area contributed by atoms with Crippen molar-refractivity contribution in [2.45, 2.75) is 0 Å². The molecule has 0 unspecified atom stereocenters. The third kappa shape index (κ3) is 5.13. The van der Waals surface area contributed by atoms with E-state index < -0.39 is 0 Å². The zero-order valence-electron chi connectivity index (χ0n) is 27.5. The van der Waals surface area contributed by atoms with Crippen molar-refractivity contribution in [3.63, 3.8) is 0 Å². The normalized spacial score (nSPS) is 11.5. The molecular formula is C47H29N3O. The summed E-state index contributed by atoms with van der Waals surface area (Å²) in [4.78, 5) is 15.3. The molecule has 0 aliphatic heterocycles. The van der Waals surface area contributed by atoms with E-state index in [1.807, 2.05) is 24.3 Å². The van der Waals surface area contributed by atoms with Crippen LogP contribution in [0.5, 0.6) is 0 Å². The third-order valence-electron chi connectivity index (χ3n) is 9.72. The van der Waals surface area contributed by atoms with Crippen LogP contribution in [0, 0.1) is 0 Å². The molecular weight excluding hydrogens is 623 g/mol. The van der Waals surface area contributed by atoms with Crippen molar-refractivity contribution in [3.05, 3.63) is 176 Å². The zero-order chi connectivity index (χ0) is 33.7. The van der Waals surface area contributed by atoms with Gasteiger partial charge < -0.3 is 4.42 Å². The number of aromatic nitrogens is 3. The first kappa shape index (κ1) is 29.0. The van der Waals surface area contributed by atoms with E-state index in [2.05, 4.69) is 152 Å². The van der Waals surface area contributed by atoms with Gasteiger partial charge in [-0.25, -0.2) is 15.0 Å². The smallest absolute Gasteiger partial charge is 0.164 e. The summed E-state index contributed by atoms with van der Waals surface area (Å²) in [7, 11) is 0. The standard InChI is InChI=1S/C47H29N3O/c1-2-12-34-28-37(27-22-30(34)10-1)47-49-45(33-25-23-32(24-26-33)39-18-8-13-31-11-3-4-16-38(31)39)48-46(50-47)36-15-7-14-35(29-36)40-19-9-21-43-44(40)41-17-5-6-20-42(41)51-43/h1-29H. The van der Waals surface area contributed by atoms with Gasteiger partial charge in [0.1, 0.15) is 11.2 Å². The third-order valence-corrected chi connectivity index (χ3v) is 9.72. The maximum atomic E-state index is 6.21. The molecule has 0 aliphatic rings. The van der Waals surface area contributed by atoms with Crippen molar-refractivity contribution in [1.82, 2.24) is 15.0 Å². The van der Waals surface area contributed by atoms with E-state index in [0.717, 1.165) is 60.7 Å². The molecule has 0 spiro atoms. The second-order valence-corrected chi connectivity index (χ2v) is 12.8. The van der Waals surface area contributed by atoms with Crippen LogP contribution in [0.1, 0.15) is 0 Å². The highest BCUT2D eigenvalue weighted by Crippen LogP contribution is 2.38. The van der Waals surface area contributed by atoms with Crippen molar-refractivity contribution in [2.24, 2.45) is 0 Å². The summed E-state index contributed by atoms with van der Waals surface area (Å²) < 4.78 is 6.21. The first-order valence-corrected chi connectivity index (χ1v) is 17.1. The summed E-state index contributed by atoms with van der Waals surface area (Å²) in [5.41, 5.74) is 9.04. The molecule has 0 N–H and O–H groups in total. The van der Waals surface area contributed by atoms with E-state index in [4.69, 9.17) is 19.4 Å². The minimum Gasteiger partial charge on any atom is -0.456 e. The number of para-hydroxylation sites is 1. The first-order valence-electron chi connectivity index (χ1n) is 17.1. The van der Waals surface area contributed by atoms with Gasteiger partial charge in [0.25, 0.3) is 0 Å². The van der Waals surface area contributed by atoms with Crippen LogP contribution in [0.2, 0.25) is 0 Å². The number of fused-ring (bicyclic) bond motifs is 5. The Kier molecular flexibility index (Phi) is 6.78. The van der Waals surface area contributed by atoms with Crippen LogP contribution in [0.25, 0.3) is 99.9 Å². The molecule has 0 saturated heterocycles. The quantitative estimate of drug-likeness (QED) is 0.186. The van der Waals surface area contributed by atoms with Gasteiger partial charge >= 0.3 is 0 Å². The number of hydrogen-bond acceptors (Lipinski definition) is 4. The summed E-state index contributed by atoms with van der Waals surface area (Å²) >= 11 is 0. The molecule has 10 rings (SSSR count). The molecule has 0 saturated carbocycles. The molecule has 0 aliphatic carbocycles. The first-order chi connectivity index (χ1) is 25.2. The molecule has 0 fully saturated rings. The Bertz CT molecular complexity index is 2920. The predicted octanol–water partition coefficient (Wildman–Crippen LogP) is 12.4. The maximum absolute atomic E-state index is 6.21. The lowest BCUT2D eigenvalue weighted by atomic mass is 9.97. The fourth-order valence-electron chi connectivity index (χ4n) is 7.21. The summed E-state index contributed by atoms with van der Waals surface area (Å²) in [6, 6.07) is 61.1. The summed E-state index contributed by atoms with van der Waals surface area (Å²) in [5, 5.41) is 6.97. The van der Waals surface area contributed by atoms with Gasteiger partial charge in [-0.3, -0.25) is 0 Å². The van der Waals surface area contributed by atoms with Crippen LogP contribution < -0.4 is 0 Å². The van der Waals surface area contributed by atoms with E-state index in [1.54, 1.807) is 0 Å². The van der Waals surface area contributed by atoms with Gasteiger partial charge in [0, 0.05) is 27.5 Å². The Balaban J connectivity index is 1.12. The second kappa shape index (κ2) is 11.9. The molecule has 10 aromatic rings. The van der Waals surface area contributed by atoms with Crippen molar-refractivity contribution >= 4 is 43.5 Å². The molecule has 0 atom stereocenters. The number of nitrogens with zero attached hydrogens (tertiary/aromatic N) is 3. The van der Waals surface area contributed by atoms with Crippen molar-refractivity contribution in [2.75, 3.05) is 0 Å². The van der Waals surface area contributed by atoms with Crippen molar-refractivity contribution < 1.29 is 4.42 Å². The lowest BCUT2D eigenvalue weighted by Gasteiger charge is -2.11. The average Bonchev–Trinajstić information content (AvgIpc) is 3.59. The van der Waals surface area contributed by atoms with Gasteiger partial charge in [-0.05, 0) is 68.1 Å². The van der Waals surface area contributed by atoms with Crippen LogP contribution in [0.15, 0.2) is 180 Å². The van der Waals surface area contributed by atoms with Crippen LogP contribution in [-0.2, 0) is 0 Å². The molecule has 238 valence electrons. The maximum Gasteiger partial charge on any atom is 0.164 e. The molecule has 0 amide bonds. The van der Waals surface area contributed by atoms with E-state index in [-0.39, 0.29) is 0 Å². The number of benzene rings is 8. The van der Waals surface area contributed by atoms with E-state index in [1.165, 1.54) is 21.7 Å². The Labute approximate surface area is 294 Å². The Morgan fingerprint density at radius 2 is 0.863 bits per heavy atom. The highest BCUT2D eigenvalue weighted by atomic mass is 16.3. The largest absolute Gasteiger partial charge is 0.456 e. The van der Waals surface area contributed by atoms with Crippen LogP contribution >= 0.6 is 0 Å². The molecule has 4 nitrogen and oxygen atoms in total. The van der Waals surface area contributed by atoms with Gasteiger partial charge in [-0.2, -0.15) is 0 Å². The minimum atomic E-state index is 0.618. The van der Waals surface area contributed by atoms with Crippen LogP contribution in [-0.4, -0.2) is 15.0 Å². The fourth-order valence-corrected chi connectivity index (χ4v) is 7.21. The van der Waals surface area contributed by atoms with E-state index >= 15 is 0 Å². The Morgan fingerprint density at radius 3 is 1.71 bits per heavy atom. The monoisotopic (exact) mass is 651 g/mol. The number of hydrogen-bond donors (Lipinski definition) is 0. The molecule has 0 bridgehead atoms. The predicted molar refractivity (Wildman–Crippen MR) is 209 cm³/mol. The topological polar surface area (TPSA) is 51.8 Å². The van der Waals surface area contributed by atoms with Crippen molar-refractivity contribution in [3.8, 4) is 56.4 Å². The van der Waals surface area contributed by atoms with Gasteiger partial charge in [-0.1, -0.05) is 152 Å². The molecule has 2 heterocycles. The molecule has 51 heavy (non-hydrogen) atoms. The second-order valence-electron chi connectivity index (χ2n) is 12.8. The zero-order valence-corrected chi connectivity index (χ0v) is 27.5. The van der Waals surface area contributed by atoms with Gasteiger partial charge in [0.05, 0.1) is 0 Å².